The summed E-state index contributed by atoms with van der Waals surface area (Å²) in [5.74, 6) is 0.567. The van der Waals surface area contributed by atoms with Crippen LogP contribution in [0.4, 0.5) is 0 Å². The highest BCUT2D eigenvalue weighted by Crippen LogP contribution is 2.57. The van der Waals surface area contributed by atoms with E-state index in [-0.39, 0.29) is 5.97 Å². The number of esters is 1. The van der Waals surface area contributed by atoms with Crippen LogP contribution in [0.5, 0.6) is 5.75 Å². The smallest absolute Gasteiger partial charge is 0.305 e. The van der Waals surface area contributed by atoms with Crippen molar-refractivity contribution in [3.8, 4) is 5.75 Å². The van der Waals surface area contributed by atoms with Gasteiger partial charge in [-0.15, -0.1) is 0 Å². The number of rotatable bonds is 11. The first-order valence-corrected chi connectivity index (χ1v) is 10.8. The van der Waals surface area contributed by atoms with Crippen LogP contribution in [-0.2, 0) is 19.0 Å². The minimum atomic E-state index is -1.14. The third-order valence-corrected chi connectivity index (χ3v) is 6.14. The fraction of sp³-hybridized carbons (Fsp3) is 0.708. The molecule has 0 bridgehead atoms. The molecule has 1 heterocycles. The van der Waals surface area contributed by atoms with Crippen LogP contribution in [0.1, 0.15) is 65.5 Å². The van der Waals surface area contributed by atoms with Crippen LogP contribution in [0.2, 0.25) is 0 Å². The third-order valence-electron chi connectivity index (χ3n) is 6.14. The van der Waals surface area contributed by atoms with Crippen LogP contribution >= 0.6 is 0 Å². The molecule has 1 fully saturated rings. The molecule has 0 spiro atoms. The van der Waals surface area contributed by atoms with Crippen molar-refractivity contribution in [2.24, 2.45) is 10.8 Å². The SMILES string of the molecule is CCOC(=O)CCCCOCC(C)(C)C1(O)C(c2cccc(OC)c2)OCC1(C)C. The predicted molar refractivity (Wildman–Crippen MR) is 116 cm³/mol. The zero-order valence-corrected chi connectivity index (χ0v) is 19.3. The Bertz CT molecular complexity index is 699. The van der Waals surface area contributed by atoms with Gasteiger partial charge in [0.2, 0.25) is 0 Å². The fourth-order valence-corrected chi connectivity index (χ4v) is 4.43. The van der Waals surface area contributed by atoms with Gasteiger partial charge in [-0.3, -0.25) is 4.79 Å². The lowest BCUT2D eigenvalue weighted by atomic mass is 9.59. The molecular formula is C24H38O6. The van der Waals surface area contributed by atoms with Crippen molar-refractivity contribution in [2.45, 2.75) is 65.6 Å². The topological polar surface area (TPSA) is 74.2 Å². The maximum atomic E-state index is 12.1. The summed E-state index contributed by atoms with van der Waals surface area (Å²) in [5.41, 5.74) is -1.28. The first kappa shape index (κ1) is 24.6. The normalized spacial score (nSPS) is 23.4. The lowest BCUT2D eigenvalue weighted by Gasteiger charge is -2.49. The number of aliphatic hydroxyl groups is 1. The van der Waals surface area contributed by atoms with Crippen molar-refractivity contribution >= 4 is 5.97 Å². The van der Waals surface area contributed by atoms with E-state index in [1.807, 2.05) is 52.0 Å². The fourth-order valence-electron chi connectivity index (χ4n) is 4.43. The van der Waals surface area contributed by atoms with Crippen LogP contribution in [0.25, 0.3) is 0 Å². The second-order valence-electron chi connectivity index (χ2n) is 9.32. The lowest BCUT2D eigenvalue weighted by molar-refractivity contribution is -0.177. The second kappa shape index (κ2) is 10.1. The zero-order valence-electron chi connectivity index (χ0n) is 19.3. The number of hydrogen-bond donors (Lipinski definition) is 1. The predicted octanol–water partition coefficient (Wildman–Crippen LogP) is 4.30. The standard InChI is InChI=1S/C24H38O6/c1-7-29-20(25)13-8-9-14-28-16-22(2,3)24(26)21(30-17-23(24,4)5)18-11-10-12-19(15-18)27-6/h10-12,15,21,26H,7-9,13-14,16-17H2,1-6H3. The first-order valence-electron chi connectivity index (χ1n) is 10.8. The maximum Gasteiger partial charge on any atom is 0.305 e. The Morgan fingerprint density at radius 1 is 1.30 bits per heavy atom. The molecule has 6 nitrogen and oxygen atoms in total. The molecule has 1 N–H and O–H groups in total. The van der Waals surface area contributed by atoms with Gasteiger partial charge in [0, 0.05) is 23.9 Å². The van der Waals surface area contributed by atoms with E-state index >= 15 is 0 Å². The summed E-state index contributed by atoms with van der Waals surface area (Å²) in [6.07, 6.45) is 1.42. The van der Waals surface area contributed by atoms with E-state index in [4.69, 9.17) is 18.9 Å². The van der Waals surface area contributed by atoms with E-state index in [0.717, 1.165) is 24.2 Å². The molecule has 1 saturated heterocycles. The Hall–Kier alpha value is -1.63. The molecule has 6 heteroatoms. The number of hydrogen-bond acceptors (Lipinski definition) is 6. The Balaban J connectivity index is 2.05. The third kappa shape index (κ3) is 5.16. The average molecular weight is 423 g/mol. The van der Waals surface area contributed by atoms with Gasteiger partial charge in [0.15, 0.2) is 0 Å². The second-order valence-corrected chi connectivity index (χ2v) is 9.32. The van der Waals surface area contributed by atoms with E-state index in [1.54, 1.807) is 14.0 Å². The lowest BCUT2D eigenvalue weighted by Crippen LogP contribution is -2.57. The number of unbranched alkanes of at least 4 members (excludes halogenated alkanes) is 1. The van der Waals surface area contributed by atoms with Gasteiger partial charge in [-0.2, -0.15) is 0 Å². The van der Waals surface area contributed by atoms with Gasteiger partial charge < -0.3 is 24.1 Å². The molecule has 1 aromatic carbocycles. The summed E-state index contributed by atoms with van der Waals surface area (Å²) in [7, 11) is 1.63. The highest BCUT2D eigenvalue weighted by atomic mass is 16.5. The van der Waals surface area contributed by atoms with E-state index in [0.29, 0.717) is 32.8 Å². The summed E-state index contributed by atoms with van der Waals surface area (Å²) < 4.78 is 22.4. The summed E-state index contributed by atoms with van der Waals surface area (Å²) in [5, 5.41) is 12.1. The Morgan fingerprint density at radius 2 is 2.03 bits per heavy atom. The average Bonchev–Trinajstić information content (AvgIpc) is 2.95. The Morgan fingerprint density at radius 3 is 2.70 bits per heavy atom. The van der Waals surface area contributed by atoms with Crippen LogP contribution in [0.15, 0.2) is 24.3 Å². The largest absolute Gasteiger partial charge is 0.497 e. The summed E-state index contributed by atoms with van der Waals surface area (Å²) in [4.78, 5) is 11.4. The number of ether oxygens (including phenoxy) is 4. The van der Waals surface area contributed by atoms with Crippen molar-refractivity contribution in [1.29, 1.82) is 0 Å². The molecule has 30 heavy (non-hydrogen) atoms. The van der Waals surface area contributed by atoms with Crippen LogP contribution in [0, 0.1) is 10.8 Å². The molecule has 170 valence electrons. The molecule has 0 aromatic heterocycles. The van der Waals surface area contributed by atoms with Crippen LogP contribution < -0.4 is 4.74 Å². The van der Waals surface area contributed by atoms with Gasteiger partial charge >= 0.3 is 5.97 Å². The maximum absolute atomic E-state index is 12.1. The number of carbonyl (C=O) groups is 1. The quantitative estimate of drug-likeness (QED) is 0.423. The highest BCUT2D eigenvalue weighted by molar-refractivity contribution is 5.69. The van der Waals surface area contributed by atoms with Gasteiger partial charge in [-0.25, -0.2) is 0 Å². The van der Waals surface area contributed by atoms with Gasteiger partial charge in [0.1, 0.15) is 17.5 Å². The van der Waals surface area contributed by atoms with Gasteiger partial charge in [-0.05, 0) is 37.5 Å². The van der Waals surface area contributed by atoms with Crippen molar-refractivity contribution < 1.29 is 28.8 Å². The van der Waals surface area contributed by atoms with E-state index in [1.165, 1.54) is 0 Å². The molecule has 1 aliphatic rings. The zero-order chi connectivity index (χ0) is 22.4. The number of carbonyl (C=O) groups excluding carboxylic acids is 1. The first-order chi connectivity index (χ1) is 14.1. The Kier molecular flexibility index (Phi) is 8.31. The summed E-state index contributed by atoms with van der Waals surface area (Å²) >= 11 is 0. The summed E-state index contributed by atoms with van der Waals surface area (Å²) in [6.45, 7) is 11.7. The number of methoxy groups -OCH3 is 1. The molecule has 2 rings (SSSR count). The van der Waals surface area contributed by atoms with Gasteiger partial charge in [-0.1, -0.05) is 39.8 Å². The van der Waals surface area contributed by atoms with Crippen molar-refractivity contribution in [3.05, 3.63) is 29.8 Å². The molecule has 2 atom stereocenters. The van der Waals surface area contributed by atoms with Gasteiger partial charge in [0.25, 0.3) is 0 Å². The van der Waals surface area contributed by atoms with Crippen molar-refractivity contribution in [2.75, 3.05) is 33.5 Å². The molecule has 0 amide bonds. The minimum Gasteiger partial charge on any atom is -0.497 e. The van der Waals surface area contributed by atoms with Crippen molar-refractivity contribution in [3.63, 3.8) is 0 Å². The monoisotopic (exact) mass is 422 g/mol. The van der Waals surface area contributed by atoms with Crippen LogP contribution in [-0.4, -0.2) is 50.2 Å². The van der Waals surface area contributed by atoms with Crippen molar-refractivity contribution in [1.82, 2.24) is 0 Å². The highest BCUT2D eigenvalue weighted by Gasteiger charge is 2.63. The van der Waals surface area contributed by atoms with E-state index < -0.39 is 22.5 Å². The molecule has 2 unspecified atom stereocenters. The Labute approximate surface area is 180 Å². The molecule has 0 saturated carbocycles. The molecular weight excluding hydrogens is 384 g/mol. The molecule has 0 aliphatic carbocycles. The minimum absolute atomic E-state index is 0.168. The van der Waals surface area contributed by atoms with Gasteiger partial charge in [0.05, 0.1) is 26.9 Å². The molecule has 1 aromatic rings. The van der Waals surface area contributed by atoms with E-state index in [9.17, 15) is 9.90 Å². The van der Waals surface area contributed by atoms with E-state index in [2.05, 4.69) is 0 Å². The molecule has 0 radical (unpaired) electrons. The summed E-state index contributed by atoms with van der Waals surface area (Å²) in [6, 6.07) is 7.68. The number of benzene rings is 1. The molecule has 1 aliphatic heterocycles. The van der Waals surface area contributed by atoms with Crippen LogP contribution in [0.3, 0.4) is 0 Å².